The lowest BCUT2D eigenvalue weighted by molar-refractivity contribution is -0.308. The highest BCUT2D eigenvalue weighted by Gasteiger charge is 2.60. The second-order valence-corrected chi connectivity index (χ2v) is 7.92. The second-order valence-electron chi connectivity index (χ2n) is 7.92. The predicted molar refractivity (Wildman–Crippen MR) is 108 cm³/mol. The maximum absolute atomic E-state index is 12.6. The minimum atomic E-state index is -5.73. The van der Waals surface area contributed by atoms with Gasteiger partial charge in [0.25, 0.3) is 6.10 Å². The Kier molecular flexibility index (Phi) is 7.20. The van der Waals surface area contributed by atoms with Gasteiger partial charge < -0.3 is 9.64 Å². The molecule has 180 valence electrons. The molecule has 1 aromatic heterocycles. The molecule has 0 spiro atoms. The molecular formula is C22H23F6N3O2. The van der Waals surface area contributed by atoms with Crippen molar-refractivity contribution in [3.05, 3.63) is 53.3 Å². The van der Waals surface area contributed by atoms with Crippen molar-refractivity contribution in [3.63, 3.8) is 0 Å². The van der Waals surface area contributed by atoms with Crippen LogP contribution in [0.1, 0.15) is 17.0 Å². The predicted octanol–water partition coefficient (Wildman–Crippen LogP) is 5.11. The van der Waals surface area contributed by atoms with Crippen LogP contribution < -0.4 is 0 Å². The molecule has 0 unspecified atom stereocenters. The van der Waals surface area contributed by atoms with Crippen LogP contribution in [0.4, 0.5) is 31.1 Å². The largest absolute Gasteiger partial charge is 0.434 e. The van der Waals surface area contributed by atoms with Crippen LogP contribution in [-0.4, -0.2) is 65.5 Å². The van der Waals surface area contributed by atoms with Crippen LogP contribution in [0.25, 0.3) is 11.1 Å². The number of aryl methyl sites for hydroxylation is 2. The number of carbonyl (C=O) groups is 1. The van der Waals surface area contributed by atoms with Gasteiger partial charge in [-0.3, -0.25) is 9.88 Å². The van der Waals surface area contributed by atoms with Gasteiger partial charge >= 0.3 is 18.4 Å². The average molecular weight is 475 g/mol. The van der Waals surface area contributed by atoms with Crippen molar-refractivity contribution in [2.45, 2.75) is 38.8 Å². The van der Waals surface area contributed by atoms with E-state index in [1.165, 1.54) is 0 Å². The molecule has 0 radical (unpaired) electrons. The minimum Gasteiger partial charge on any atom is -0.426 e. The fourth-order valence-corrected chi connectivity index (χ4v) is 3.63. The lowest BCUT2D eigenvalue weighted by atomic mass is 10.0. The van der Waals surface area contributed by atoms with Gasteiger partial charge in [0, 0.05) is 44.0 Å². The van der Waals surface area contributed by atoms with Crippen LogP contribution >= 0.6 is 0 Å². The van der Waals surface area contributed by atoms with Crippen molar-refractivity contribution >= 4 is 6.09 Å². The van der Waals surface area contributed by atoms with Crippen LogP contribution in [0.2, 0.25) is 0 Å². The smallest absolute Gasteiger partial charge is 0.426 e. The first-order valence-corrected chi connectivity index (χ1v) is 10.2. The molecule has 0 atom stereocenters. The van der Waals surface area contributed by atoms with Gasteiger partial charge in [0.05, 0.1) is 5.69 Å². The van der Waals surface area contributed by atoms with Gasteiger partial charge in [0.1, 0.15) is 0 Å². The molecule has 1 saturated heterocycles. The quantitative estimate of drug-likeness (QED) is 0.577. The van der Waals surface area contributed by atoms with Crippen LogP contribution in [0.3, 0.4) is 0 Å². The summed E-state index contributed by atoms with van der Waals surface area (Å²) in [7, 11) is 0. The number of alkyl halides is 6. The van der Waals surface area contributed by atoms with E-state index in [0.717, 1.165) is 33.0 Å². The number of ether oxygens (including phenoxy) is 1. The van der Waals surface area contributed by atoms with Gasteiger partial charge in [-0.2, -0.15) is 26.3 Å². The number of nitrogens with zero attached hydrogens (tertiary/aromatic N) is 3. The van der Waals surface area contributed by atoms with Crippen molar-refractivity contribution in [3.8, 4) is 11.1 Å². The van der Waals surface area contributed by atoms with Crippen molar-refractivity contribution in [1.29, 1.82) is 0 Å². The Morgan fingerprint density at radius 1 is 1.00 bits per heavy atom. The van der Waals surface area contributed by atoms with Crippen LogP contribution in [0.5, 0.6) is 0 Å². The molecule has 1 aromatic carbocycles. The number of rotatable bonds is 4. The number of benzene rings is 1. The van der Waals surface area contributed by atoms with Crippen molar-refractivity contribution in [2.24, 2.45) is 0 Å². The van der Waals surface area contributed by atoms with Crippen molar-refractivity contribution in [1.82, 2.24) is 14.8 Å². The fraction of sp³-hybridized carbons (Fsp3) is 0.455. The first kappa shape index (κ1) is 24.8. The molecule has 3 rings (SSSR count). The maximum atomic E-state index is 12.6. The number of hydrogen-bond donors (Lipinski definition) is 0. The SMILES string of the molecule is Cc1cccc(-c2ccc(CN3CCN(C(=O)OC(C(F)(F)F)C(F)(F)F)CC3)nc2C)c1. The molecule has 0 N–H and O–H groups in total. The highest BCUT2D eigenvalue weighted by molar-refractivity contribution is 5.68. The van der Waals surface area contributed by atoms with E-state index in [0.29, 0.717) is 6.54 Å². The molecule has 2 heterocycles. The zero-order chi connectivity index (χ0) is 24.4. The van der Waals surface area contributed by atoms with Gasteiger partial charge in [0.15, 0.2) is 0 Å². The summed E-state index contributed by atoms with van der Waals surface area (Å²) in [6.45, 7) is 4.75. The summed E-state index contributed by atoms with van der Waals surface area (Å²) in [5.74, 6) is 0. The van der Waals surface area contributed by atoms with E-state index in [2.05, 4.69) is 15.8 Å². The summed E-state index contributed by atoms with van der Waals surface area (Å²) in [5.41, 5.74) is 4.79. The zero-order valence-electron chi connectivity index (χ0n) is 18.0. The lowest BCUT2D eigenvalue weighted by Gasteiger charge is -2.35. The third-order valence-electron chi connectivity index (χ3n) is 5.30. The summed E-state index contributed by atoms with van der Waals surface area (Å²) in [6, 6.07) is 11.9. The Labute approximate surface area is 187 Å². The van der Waals surface area contributed by atoms with Gasteiger partial charge in [-0.15, -0.1) is 0 Å². The molecule has 1 fully saturated rings. The third-order valence-corrected chi connectivity index (χ3v) is 5.30. The maximum Gasteiger partial charge on any atom is 0.434 e. The first-order valence-electron chi connectivity index (χ1n) is 10.2. The Bertz CT molecular complexity index is 971. The van der Waals surface area contributed by atoms with Crippen LogP contribution in [-0.2, 0) is 11.3 Å². The number of amides is 1. The number of aromatic nitrogens is 1. The number of piperazine rings is 1. The monoisotopic (exact) mass is 475 g/mol. The van der Waals surface area contributed by atoms with E-state index in [4.69, 9.17) is 0 Å². The van der Waals surface area contributed by atoms with E-state index in [1.54, 1.807) is 0 Å². The van der Waals surface area contributed by atoms with Crippen LogP contribution in [0, 0.1) is 13.8 Å². The molecule has 0 aliphatic carbocycles. The topological polar surface area (TPSA) is 45.7 Å². The van der Waals surface area contributed by atoms with Gasteiger partial charge in [-0.05, 0) is 25.5 Å². The average Bonchev–Trinajstić information content (AvgIpc) is 2.71. The molecule has 11 heteroatoms. The van der Waals surface area contributed by atoms with Crippen molar-refractivity contribution in [2.75, 3.05) is 26.2 Å². The van der Waals surface area contributed by atoms with Gasteiger partial charge in [0.2, 0.25) is 0 Å². The first-order chi connectivity index (χ1) is 15.3. The highest BCUT2D eigenvalue weighted by atomic mass is 19.4. The summed E-state index contributed by atoms with van der Waals surface area (Å²) in [6.07, 6.45) is -17.2. The summed E-state index contributed by atoms with van der Waals surface area (Å²) in [5, 5.41) is 0. The molecule has 0 bridgehead atoms. The molecule has 2 aromatic rings. The van der Waals surface area contributed by atoms with E-state index in [1.807, 2.05) is 49.1 Å². The fourth-order valence-electron chi connectivity index (χ4n) is 3.63. The number of carbonyl (C=O) groups excluding carboxylic acids is 1. The lowest BCUT2D eigenvalue weighted by Crippen LogP contribution is -2.52. The normalized spacial score (nSPS) is 15.7. The number of halogens is 6. The van der Waals surface area contributed by atoms with E-state index < -0.39 is 24.5 Å². The van der Waals surface area contributed by atoms with Gasteiger partial charge in [-0.1, -0.05) is 35.9 Å². The number of pyridine rings is 1. The third kappa shape index (κ3) is 6.37. The molecule has 33 heavy (non-hydrogen) atoms. The molecule has 1 aliphatic heterocycles. The Balaban J connectivity index is 1.57. The molecule has 5 nitrogen and oxygen atoms in total. The Morgan fingerprint density at radius 2 is 1.64 bits per heavy atom. The van der Waals surface area contributed by atoms with Crippen LogP contribution in [0.15, 0.2) is 36.4 Å². The minimum absolute atomic E-state index is 0.0539. The van der Waals surface area contributed by atoms with Crippen molar-refractivity contribution < 1.29 is 35.9 Å². The Hall–Kier alpha value is -2.82. The van der Waals surface area contributed by atoms with Gasteiger partial charge in [-0.25, -0.2) is 4.79 Å². The summed E-state index contributed by atoms with van der Waals surface area (Å²) in [4.78, 5) is 19.3. The van der Waals surface area contributed by atoms with E-state index in [9.17, 15) is 31.1 Å². The van der Waals surface area contributed by atoms with E-state index in [-0.39, 0.29) is 26.2 Å². The molecule has 1 amide bonds. The van der Waals surface area contributed by atoms with E-state index >= 15 is 0 Å². The molecule has 0 saturated carbocycles. The molecule has 1 aliphatic rings. The highest BCUT2D eigenvalue weighted by Crippen LogP contribution is 2.36. The second kappa shape index (κ2) is 9.58. The zero-order valence-corrected chi connectivity index (χ0v) is 18.0. The number of hydrogen-bond acceptors (Lipinski definition) is 4. The molecular weight excluding hydrogens is 452 g/mol. The summed E-state index contributed by atoms with van der Waals surface area (Å²) >= 11 is 0. The summed E-state index contributed by atoms with van der Waals surface area (Å²) < 4.78 is 79.4. The Morgan fingerprint density at radius 3 is 2.18 bits per heavy atom. The standard InChI is InChI=1S/C22H23F6N3O2/c1-14-4-3-5-16(12-14)18-7-6-17(29-15(18)2)13-30-8-10-31(11-9-30)20(32)33-19(21(23,24)25)22(26,27)28/h3-7,12,19H,8-11,13H2,1-2H3.